The zero-order valence-electron chi connectivity index (χ0n) is 11.5. The molecule has 3 heteroatoms. The number of allylic oxidation sites excluding steroid dienone is 1. The molecule has 0 atom stereocenters. The van der Waals surface area contributed by atoms with Gasteiger partial charge in [-0.15, -0.1) is 0 Å². The van der Waals surface area contributed by atoms with E-state index in [0.717, 1.165) is 21.0 Å². The van der Waals surface area contributed by atoms with E-state index in [0.29, 0.717) is 11.3 Å². The number of aryl methyl sites for hydroxylation is 1. The first-order valence-electron chi connectivity index (χ1n) is 6.60. The van der Waals surface area contributed by atoms with Gasteiger partial charge in [-0.1, -0.05) is 46.3 Å². The highest BCUT2D eigenvalue weighted by Gasteiger charge is 2.09. The summed E-state index contributed by atoms with van der Waals surface area (Å²) >= 11 is 3.41. The van der Waals surface area contributed by atoms with Crippen LogP contribution in [-0.4, -0.2) is 5.78 Å². The molecule has 3 aromatic rings. The summed E-state index contributed by atoms with van der Waals surface area (Å²) in [4.78, 5) is 12.2. The van der Waals surface area contributed by atoms with Crippen LogP contribution < -0.4 is 0 Å². The van der Waals surface area contributed by atoms with E-state index in [-0.39, 0.29) is 5.78 Å². The van der Waals surface area contributed by atoms with Gasteiger partial charge in [-0.3, -0.25) is 4.79 Å². The summed E-state index contributed by atoms with van der Waals surface area (Å²) in [6.45, 7) is 2.02. The number of furan rings is 1. The van der Waals surface area contributed by atoms with Gasteiger partial charge in [-0.2, -0.15) is 0 Å². The van der Waals surface area contributed by atoms with Gasteiger partial charge >= 0.3 is 0 Å². The van der Waals surface area contributed by atoms with Crippen molar-refractivity contribution in [2.45, 2.75) is 6.92 Å². The van der Waals surface area contributed by atoms with E-state index in [1.807, 2.05) is 55.5 Å². The van der Waals surface area contributed by atoms with Crippen molar-refractivity contribution in [3.8, 4) is 0 Å². The fourth-order valence-electron chi connectivity index (χ4n) is 2.16. The first-order valence-corrected chi connectivity index (χ1v) is 7.40. The average Bonchev–Trinajstić information content (AvgIpc) is 2.89. The number of carbonyl (C=O) groups is 1. The monoisotopic (exact) mass is 340 g/mol. The van der Waals surface area contributed by atoms with Gasteiger partial charge in [0.25, 0.3) is 0 Å². The fraction of sp³-hybridized carbons (Fsp3) is 0.0556. The molecule has 0 unspecified atom stereocenters. The fourth-order valence-corrected chi connectivity index (χ4v) is 2.54. The van der Waals surface area contributed by atoms with E-state index >= 15 is 0 Å². The van der Waals surface area contributed by atoms with Gasteiger partial charge in [0, 0.05) is 9.86 Å². The van der Waals surface area contributed by atoms with Gasteiger partial charge in [0.1, 0.15) is 5.58 Å². The Morgan fingerprint density at radius 1 is 1.14 bits per heavy atom. The van der Waals surface area contributed by atoms with E-state index in [2.05, 4.69) is 15.9 Å². The highest BCUT2D eigenvalue weighted by atomic mass is 79.9. The molecule has 0 fully saturated rings. The van der Waals surface area contributed by atoms with E-state index in [4.69, 9.17) is 4.42 Å². The van der Waals surface area contributed by atoms with Crippen molar-refractivity contribution in [2.24, 2.45) is 0 Å². The number of carbonyl (C=O) groups excluding carboxylic acids is 1. The van der Waals surface area contributed by atoms with E-state index in [1.54, 1.807) is 12.1 Å². The number of fused-ring (bicyclic) bond motifs is 1. The summed E-state index contributed by atoms with van der Waals surface area (Å²) in [7, 11) is 0. The molecule has 1 heterocycles. The topological polar surface area (TPSA) is 30.2 Å². The Labute approximate surface area is 131 Å². The molecule has 2 aromatic carbocycles. The average molecular weight is 341 g/mol. The number of benzene rings is 2. The van der Waals surface area contributed by atoms with Crippen LogP contribution in [0.1, 0.15) is 21.7 Å². The van der Waals surface area contributed by atoms with Crippen molar-refractivity contribution >= 4 is 38.8 Å². The largest absolute Gasteiger partial charge is 0.453 e. The molecule has 0 spiro atoms. The molecule has 0 aliphatic rings. The van der Waals surface area contributed by atoms with Crippen LogP contribution in [0.25, 0.3) is 17.0 Å². The van der Waals surface area contributed by atoms with Crippen LogP contribution in [0.4, 0.5) is 0 Å². The molecule has 0 amide bonds. The Bertz CT molecular complexity index is 843. The maximum Gasteiger partial charge on any atom is 0.221 e. The molecule has 0 aliphatic heterocycles. The Morgan fingerprint density at radius 3 is 2.76 bits per heavy atom. The molecule has 3 rings (SSSR count). The van der Waals surface area contributed by atoms with Crippen LogP contribution in [0.3, 0.4) is 0 Å². The summed E-state index contributed by atoms with van der Waals surface area (Å²) in [5, 5.41) is 0.914. The minimum absolute atomic E-state index is 0.134. The van der Waals surface area contributed by atoms with Gasteiger partial charge in [-0.05, 0) is 48.4 Å². The van der Waals surface area contributed by atoms with Crippen LogP contribution in [0.15, 0.2) is 63.5 Å². The maximum atomic E-state index is 12.2. The second-order valence-corrected chi connectivity index (χ2v) is 5.76. The van der Waals surface area contributed by atoms with Crippen molar-refractivity contribution in [1.29, 1.82) is 0 Å². The Morgan fingerprint density at radius 2 is 1.95 bits per heavy atom. The van der Waals surface area contributed by atoms with Gasteiger partial charge in [0.2, 0.25) is 5.78 Å². The predicted octanol–water partition coefficient (Wildman–Crippen LogP) is 5.40. The standard InChI is InChI=1S/C18H13BrO2/c1-12-4-2-3-5-13(12)6-8-16(20)18-11-14-10-15(19)7-9-17(14)21-18/h2-11H,1H3/b8-6+. The summed E-state index contributed by atoms with van der Waals surface area (Å²) in [6, 6.07) is 15.4. The third kappa shape index (κ3) is 2.98. The lowest BCUT2D eigenvalue weighted by Gasteiger charge is -1.97. The minimum Gasteiger partial charge on any atom is -0.453 e. The Hall–Kier alpha value is -2.13. The van der Waals surface area contributed by atoms with Crippen molar-refractivity contribution in [3.63, 3.8) is 0 Å². The van der Waals surface area contributed by atoms with Gasteiger partial charge < -0.3 is 4.42 Å². The van der Waals surface area contributed by atoms with Crippen molar-refractivity contribution in [1.82, 2.24) is 0 Å². The maximum absolute atomic E-state index is 12.2. The van der Waals surface area contributed by atoms with Crippen LogP contribution >= 0.6 is 15.9 Å². The third-order valence-corrected chi connectivity index (χ3v) is 3.82. The van der Waals surface area contributed by atoms with Crippen LogP contribution in [-0.2, 0) is 0 Å². The number of hydrogen-bond donors (Lipinski definition) is 0. The number of hydrogen-bond acceptors (Lipinski definition) is 2. The van der Waals surface area contributed by atoms with Crippen LogP contribution in [0, 0.1) is 6.92 Å². The van der Waals surface area contributed by atoms with Crippen molar-refractivity contribution in [2.75, 3.05) is 0 Å². The van der Waals surface area contributed by atoms with Crippen molar-refractivity contribution < 1.29 is 9.21 Å². The first kappa shape index (κ1) is 13.8. The number of rotatable bonds is 3. The Balaban J connectivity index is 1.89. The molecule has 0 bridgehead atoms. The van der Waals surface area contributed by atoms with Crippen molar-refractivity contribution in [3.05, 3.63) is 76.0 Å². The second-order valence-electron chi connectivity index (χ2n) is 4.85. The first-order chi connectivity index (χ1) is 10.1. The molecule has 0 saturated heterocycles. The quantitative estimate of drug-likeness (QED) is 0.472. The number of halogens is 1. The molecule has 0 radical (unpaired) electrons. The molecule has 0 N–H and O–H groups in total. The highest BCUT2D eigenvalue weighted by molar-refractivity contribution is 9.10. The highest BCUT2D eigenvalue weighted by Crippen LogP contribution is 2.24. The lowest BCUT2D eigenvalue weighted by atomic mass is 10.1. The molecule has 21 heavy (non-hydrogen) atoms. The van der Waals surface area contributed by atoms with E-state index in [1.165, 1.54) is 0 Å². The third-order valence-electron chi connectivity index (χ3n) is 3.32. The minimum atomic E-state index is -0.134. The van der Waals surface area contributed by atoms with Crippen LogP contribution in [0.2, 0.25) is 0 Å². The zero-order chi connectivity index (χ0) is 14.8. The normalized spacial score (nSPS) is 11.3. The smallest absolute Gasteiger partial charge is 0.221 e. The molecule has 104 valence electrons. The Kier molecular flexibility index (Phi) is 3.76. The van der Waals surface area contributed by atoms with Gasteiger partial charge in [0.15, 0.2) is 5.76 Å². The van der Waals surface area contributed by atoms with E-state index < -0.39 is 0 Å². The second kappa shape index (κ2) is 5.70. The van der Waals surface area contributed by atoms with Gasteiger partial charge in [0.05, 0.1) is 0 Å². The zero-order valence-corrected chi connectivity index (χ0v) is 13.1. The predicted molar refractivity (Wildman–Crippen MR) is 88.5 cm³/mol. The summed E-state index contributed by atoms with van der Waals surface area (Å²) in [5.74, 6) is 0.221. The summed E-state index contributed by atoms with van der Waals surface area (Å²) in [6.07, 6.45) is 3.37. The van der Waals surface area contributed by atoms with Crippen LogP contribution in [0.5, 0.6) is 0 Å². The lowest BCUT2D eigenvalue weighted by molar-refractivity contribution is 0.102. The summed E-state index contributed by atoms with van der Waals surface area (Å²) < 4.78 is 6.55. The molecular formula is C18H13BrO2. The molecule has 1 aromatic heterocycles. The molecule has 0 saturated carbocycles. The summed E-state index contributed by atoms with van der Waals surface area (Å²) in [5.41, 5.74) is 2.88. The molecule has 2 nitrogen and oxygen atoms in total. The lowest BCUT2D eigenvalue weighted by Crippen LogP contribution is -1.90. The SMILES string of the molecule is Cc1ccccc1/C=C/C(=O)c1cc2cc(Br)ccc2o1. The number of ketones is 1. The van der Waals surface area contributed by atoms with E-state index in [9.17, 15) is 4.79 Å². The molecular weight excluding hydrogens is 328 g/mol. The molecule has 0 aliphatic carbocycles. The van der Waals surface area contributed by atoms with Gasteiger partial charge in [-0.25, -0.2) is 0 Å².